The average molecular weight is 375 g/mol. The minimum absolute atomic E-state index is 0. The first-order valence-corrected chi connectivity index (χ1v) is 9.01. The van der Waals surface area contributed by atoms with Crippen LogP contribution in [0.25, 0.3) is 21.0 Å². The van der Waals surface area contributed by atoms with E-state index in [1.54, 1.807) is 0 Å². The fourth-order valence-electron chi connectivity index (χ4n) is 3.59. The summed E-state index contributed by atoms with van der Waals surface area (Å²) >= 11 is 8.07. The highest BCUT2D eigenvalue weighted by Crippen LogP contribution is 2.38. The molecule has 0 spiro atoms. The van der Waals surface area contributed by atoms with Gasteiger partial charge in [-0.25, -0.2) is 0 Å². The van der Waals surface area contributed by atoms with Gasteiger partial charge in [0, 0.05) is 37.7 Å². The van der Waals surface area contributed by atoms with Crippen LogP contribution in [0, 0.1) is 0 Å². The second kappa shape index (κ2) is 6.08. The van der Waals surface area contributed by atoms with Gasteiger partial charge >= 0.3 is 0 Å². The number of halogens is 2. The van der Waals surface area contributed by atoms with E-state index in [-0.39, 0.29) is 18.4 Å². The lowest BCUT2D eigenvalue weighted by atomic mass is 9.98. The Morgan fingerprint density at radius 2 is 1.96 bits per heavy atom. The molecule has 0 saturated carbocycles. The zero-order valence-electron chi connectivity index (χ0n) is 12.8. The summed E-state index contributed by atoms with van der Waals surface area (Å²) in [6.07, 6.45) is 1.04. The Balaban J connectivity index is 0.00000146. The monoisotopic (exact) mass is 374 g/mol. The van der Waals surface area contributed by atoms with Crippen LogP contribution in [-0.2, 0) is 6.42 Å². The van der Waals surface area contributed by atoms with Crippen molar-refractivity contribution in [1.82, 2.24) is 10.3 Å². The number of nitrogens with one attached hydrogen (secondary N) is 2. The van der Waals surface area contributed by atoms with Crippen molar-refractivity contribution in [3.63, 3.8) is 0 Å². The first-order valence-electron chi connectivity index (χ1n) is 7.81. The SMILES string of the molecule is Cl.Clc1ccc2[nH]c3c(c2c1)CCNC3c1cc2ccccc2s1. The van der Waals surface area contributed by atoms with Gasteiger partial charge in [-0.3, -0.25) is 0 Å². The lowest BCUT2D eigenvalue weighted by molar-refractivity contribution is 0.567. The third-order valence-corrected chi connectivity index (χ3v) is 6.06. The Morgan fingerprint density at radius 1 is 1.08 bits per heavy atom. The van der Waals surface area contributed by atoms with Gasteiger partial charge in [0.15, 0.2) is 0 Å². The molecule has 1 aliphatic rings. The maximum Gasteiger partial charge on any atom is 0.0826 e. The van der Waals surface area contributed by atoms with E-state index in [1.807, 2.05) is 17.4 Å². The van der Waals surface area contributed by atoms with Gasteiger partial charge < -0.3 is 10.3 Å². The second-order valence-corrected chi connectivity index (χ2v) is 7.58. The molecule has 1 aliphatic heterocycles. The van der Waals surface area contributed by atoms with Crippen LogP contribution in [0.2, 0.25) is 5.02 Å². The van der Waals surface area contributed by atoms with E-state index in [0.29, 0.717) is 0 Å². The van der Waals surface area contributed by atoms with Gasteiger partial charge in [-0.2, -0.15) is 0 Å². The summed E-state index contributed by atoms with van der Waals surface area (Å²) in [5.74, 6) is 0. The molecule has 3 heterocycles. The molecule has 0 radical (unpaired) electrons. The normalized spacial score (nSPS) is 17.0. The molecular formula is C19H16Cl2N2S. The fourth-order valence-corrected chi connectivity index (χ4v) is 4.91. The van der Waals surface area contributed by atoms with E-state index in [2.05, 4.69) is 52.8 Å². The molecule has 4 aromatic rings. The van der Waals surface area contributed by atoms with E-state index >= 15 is 0 Å². The first-order chi connectivity index (χ1) is 11.3. The van der Waals surface area contributed by atoms with Crippen LogP contribution in [-0.4, -0.2) is 11.5 Å². The lowest BCUT2D eigenvalue weighted by Crippen LogP contribution is -2.29. The van der Waals surface area contributed by atoms with Crippen LogP contribution in [0.15, 0.2) is 48.5 Å². The molecule has 1 atom stereocenters. The Kier molecular flexibility index (Phi) is 4.05. The molecule has 2 N–H and O–H groups in total. The number of aromatic nitrogens is 1. The van der Waals surface area contributed by atoms with Gasteiger partial charge in [0.2, 0.25) is 0 Å². The van der Waals surface area contributed by atoms with Gasteiger partial charge in [0.05, 0.1) is 6.04 Å². The number of rotatable bonds is 1. The highest BCUT2D eigenvalue weighted by Gasteiger charge is 2.26. The summed E-state index contributed by atoms with van der Waals surface area (Å²) in [5, 5.41) is 7.06. The van der Waals surface area contributed by atoms with Gasteiger partial charge in [-0.1, -0.05) is 29.8 Å². The highest BCUT2D eigenvalue weighted by atomic mass is 35.5. The maximum absolute atomic E-state index is 6.20. The van der Waals surface area contributed by atoms with E-state index in [4.69, 9.17) is 11.6 Å². The lowest BCUT2D eigenvalue weighted by Gasteiger charge is -2.23. The molecule has 0 bridgehead atoms. The molecule has 2 aromatic heterocycles. The maximum atomic E-state index is 6.20. The smallest absolute Gasteiger partial charge is 0.0826 e. The molecule has 0 saturated heterocycles. The number of fused-ring (bicyclic) bond motifs is 4. The number of H-pyrrole nitrogens is 1. The van der Waals surface area contributed by atoms with E-state index in [1.165, 1.54) is 37.1 Å². The third-order valence-electron chi connectivity index (χ3n) is 4.64. The zero-order valence-corrected chi connectivity index (χ0v) is 15.2. The molecule has 0 amide bonds. The minimum Gasteiger partial charge on any atom is -0.357 e. The minimum atomic E-state index is 0. The number of aromatic amines is 1. The van der Waals surface area contributed by atoms with E-state index in [9.17, 15) is 0 Å². The fraction of sp³-hybridized carbons (Fsp3) is 0.158. The summed E-state index contributed by atoms with van der Waals surface area (Å²) in [4.78, 5) is 4.99. The van der Waals surface area contributed by atoms with Gasteiger partial charge in [0.1, 0.15) is 0 Å². The van der Waals surface area contributed by atoms with Gasteiger partial charge in [-0.05, 0) is 47.7 Å². The summed E-state index contributed by atoms with van der Waals surface area (Å²) in [7, 11) is 0. The van der Waals surface area contributed by atoms with Crippen molar-refractivity contribution in [2.45, 2.75) is 12.5 Å². The van der Waals surface area contributed by atoms with E-state index in [0.717, 1.165) is 18.0 Å². The number of hydrogen-bond acceptors (Lipinski definition) is 2. The predicted octanol–water partition coefficient (Wildman–Crippen LogP) is 5.69. The van der Waals surface area contributed by atoms with Crippen LogP contribution in [0.4, 0.5) is 0 Å². The summed E-state index contributed by atoms with van der Waals surface area (Å²) in [6, 6.07) is 17.2. The highest BCUT2D eigenvalue weighted by molar-refractivity contribution is 7.19. The van der Waals surface area contributed by atoms with Crippen LogP contribution in [0.5, 0.6) is 0 Å². The van der Waals surface area contributed by atoms with Gasteiger partial charge in [-0.15, -0.1) is 23.7 Å². The number of hydrogen-bond donors (Lipinski definition) is 2. The molecule has 1 unspecified atom stereocenters. The summed E-state index contributed by atoms with van der Waals surface area (Å²) in [5.41, 5.74) is 3.87. The van der Waals surface area contributed by atoms with Crippen molar-refractivity contribution in [3.8, 4) is 0 Å². The average Bonchev–Trinajstić information content (AvgIpc) is 3.15. The van der Waals surface area contributed by atoms with Crippen molar-refractivity contribution in [2.24, 2.45) is 0 Å². The van der Waals surface area contributed by atoms with Crippen LogP contribution in [0.1, 0.15) is 22.2 Å². The Hall–Kier alpha value is -1.52. The summed E-state index contributed by atoms with van der Waals surface area (Å²) < 4.78 is 1.34. The quantitative estimate of drug-likeness (QED) is 0.439. The molecule has 122 valence electrons. The number of thiophene rings is 1. The molecule has 0 fully saturated rings. The molecule has 2 nitrogen and oxygen atoms in total. The van der Waals surface area contributed by atoms with Crippen molar-refractivity contribution in [1.29, 1.82) is 0 Å². The van der Waals surface area contributed by atoms with Crippen molar-refractivity contribution in [3.05, 3.63) is 69.7 Å². The van der Waals surface area contributed by atoms with Gasteiger partial charge in [0.25, 0.3) is 0 Å². The molecule has 5 heteroatoms. The van der Waals surface area contributed by atoms with Crippen molar-refractivity contribution < 1.29 is 0 Å². The third kappa shape index (κ3) is 2.44. The van der Waals surface area contributed by atoms with Crippen molar-refractivity contribution in [2.75, 3.05) is 6.54 Å². The van der Waals surface area contributed by atoms with E-state index < -0.39 is 0 Å². The standard InChI is InChI=1S/C19H15ClN2S.ClH/c20-12-5-6-15-14(10-12)13-7-8-21-19(18(13)22-15)17-9-11-3-1-2-4-16(11)23-17;/h1-6,9-10,19,21-22H,7-8H2;1H. The molecule has 0 aliphatic carbocycles. The first kappa shape index (κ1) is 16.0. The van der Waals surface area contributed by atoms with Crippen LogP contribution < -0.4 is 5.32 Å². The largest absolute Gasteiger partial charge is 0.357 e. The number of benzene rings is 2. The summed E-state index contributed by atoms with van der Waals surface area (Å²) in [6.45, 7) is 0.991. The van der Waals surface area contributed by atoms with Crippen LogP contribution >= 0.6 is 35.3 Å². The van der Waals surface area contributed by atoms with Crippen molar-refractivity contribution >= 4 is 56.3 Å². The predicted molar refractivity (Wildman–Crippen MR) is 106 cm³/mol. The second-order valence-electron chi connectivity index (χ2n) is 6.03. The van der Waals surface area contributed by atoms with Crippen LogP contribution in [0.3, 0.4) is 0 Å². The molecular weight excluding hydrogens is 359 g/mol. The molecule has 2 aromatic carbocycles. The Morgan fingerprint density at radius 3 is 2.83 bits per heavy atom. The zero-order chi connectivity index (χ0) is 15.4. The molecule has 5 rings (SSSR count). The molecule has 24 heavy (non-hydrogen) atoms. The Labute approximate surface area is 155 Å². The Bertz CT molecular complexity index is 1000. The topological polar surface area (TPSA) is 27.8 Å².